The number of benzene rings is 1. The van der Waals surface area contributed by atoms with Gasteiger partial charge in [0.05, 0.1) is 59.0 Å². The first kappa shape index (κ1) is 38.9. The molecule has 4 unspecified atom stereocenters. The summed E-state index contributed by atoms with van der Waals surface area (Å²) >= 11 is 3.29. The number of carbonyl (C=O) groups excluding carboxylic acids is 4. The molecule has 0 radical (unpaired) electrons. The van der Waals surface area contributed by atoms with Gasteiger partial charge in [-0.25, -0.2) is 19.6 Å². The Bertz CT molecular complexity index is 2300. The van der Waals surface area contributed by atoms with Crippen LogP contribution in [0.5, 0.6) is 0 Å². The number of rotatable bonds is 9. The molecule has 7 rings (SSSR count). The Kier molecular flexibility index (Phi) is 11.4. The van der Waals surface area contributed by atoms with Gasteiger partial charge in [0.2, 0.25) is 11.8 Å². The van der Waals surface area contributed by atoms with Crippen LogP contribution in [0.1, 0.15) is 87.6 Å². The van der Waals surface area contributed by atoms with Crippen LogP contribution in [-0.2, 0) is 19.1 Å². The standard InChI is InChI=1S/C40H46N8O6S2/c1-21(2)33(45-39(51)53-5)37(49)47-15-7-9-28(47)35-41-20-27(44-35)30-19-32-31(56-30)18-24(55-32)13-11-23-12-14-25-26(17-23)43-36(42-25)29-10-8-16-48(29)38(50)34(22(3)4)46-40(52)54-6/h12,14,17-22,28-29,33-34H,7-10,15-16H2,1-6H3,(H,41,44)(H,42,43)(H,45,51)(H,46,52). The van der Waals surface area contributed by atoms with Crippen molar-refractivity contribution in [3.63, 3.8) is 0 Å². The van der Waals surface area contributed by atoms with Crippen LogP contribution in [0.25, 0.3) is 31.0 Å². The van der Waals surface area contributed by atoms with Crippen molar-refractivity contribution >= 4 is 67.1 Å². The molecule has 2 aliphatic rings. The Hall–Kier alpha value is -5.40. The lowest BCUT2D eigenvalue weighted by atomic mass is 10.0. The van der Waals surface area contributed by atoms with Crippen molar-refractivity contribution in [1.29, 1.82) is 0 Å². The monoisotopic (exact) mass is 798 g/mol. The number of aromatic nitrogens is 4. The largest absolute Gasteiger partial charge is 0.453 e. The number of H-pyrrole nitrogens is 2. The number of nitrogens with zero attached hydrogens (tertiary/aromatic N) is 4. The van der Waals surface area contributed by atoms with Crippen molar-refractivity contribution in [1.82, 2.24) is 40.4 Å². The first-order valence-corrected chi connectivity index (χ1v) is 20.5. The Morgan fingerprint density at radius 2 is 1.41 bits per heavy atom. The highest BCUT2D eigenvalue weighted by molar-refractivity contribution is 7.29. The molecule has 4 N–H and O–H groups in total. The number of ether oxygens (including phenoxy) is 2. The number of imidazole rings is 2. The third-order valence-corrected chi connectivity index (χ3v) is 12.6. The number of alkyl carbamates (subject to hydrolysis) is 2. The maximum atomic E-state index is 13.6. The lowest BCUT2D eigenvalue weighted by Gasteiger charge is -2.30. The summed E-state index contributed by atoms with van der Waals surface area (Å²) in [7, 11) is 2.58. The van der Waals surface area contributed by atoms with Gasteiger partial charge in [0, 0.05) is 28.1 Å². The molecule has 14 nitrogen and oxygen atoms in total. The molecule has 4 atom stereocenters. The summed E-state index contributed by atoms with van der Waals surface area (Å²) in [5, 5.41) is 5.39. The van der Waals surface area contributed by atoms with Gasteiger partial charge in [-0.15, -0.1) is 22.7 Å². The SMILES string of the molecule is COC(=O)NC(C(=O)N1CCCC1c1ncc(-c2cc3sc(C#Cc4ccc5nc(C6CCCN6C(=O)C(NC(=O)OC)C(C)C)[nH]c5c4)cc3s2)[nH]1)C(C)C. The van der Waals surface area contributed by atoms with Crippen molar-refractivity contribution in [2.45, 2.75) is 77.5 Å². The molecule has 1 aromatic carbocycles. The van der Waals surface area contributed by atoms with E-state index in [-0.39, 0.29) is 35.7 Å². The zero-order valence-corrected chi connectivity index (χ0v) is 33.9. The van der Waals surface area contributed by atoms with E-state index in [1.807, 2.05) is 57.0 Å². The van der Waals surface area contributed by atoms with Crippen molar-refractivity contribution in [2.75, 3.05) is 27.3 Å². The third kappa shape index (κ3) is 7.96. The summed E-state index contributed by atoms with van der Waals surface area (Å²) in [4.78, 5) is 73.1. The number of fused-ring (bicyclic) bond motifs is 2. The zero-order chi connectivity index (χ0) is 39.7. The molecule has 0 spiro atoms. The Balaban J connectivity index is 1.03. The maximum Gasteiger partial charge on any atom is 0.407 e. The highest BCUT2D eigenvalue weighted by atomic mass is 32.1. The zero-order valence-electron chi connectivity index (χ0n) is 32.2. The second-order valence-corrected chi connectivity index (χ2v) is 17.0. The van der Waals surface area contributed by atoms with E-state index in [4.69, 9.17) is 14.5 Å². The van der Waals surface area contributed by atoms with E-state index in [9.17, 15) is 19.2 Å². The van der Waals surface area contributed by atoms with E-state index in [1.54, 1.807) is 27.6 Å². The fraction of sp³-hybridized carbons (Fsp3) is 0.450. The van der Waals surface area contributed by atoms with Gasteiger partial charge in [-0.3, -0.25) is 9.59 Å². The first-order chi connectivity index (χ1) is 26.9. The van der Waals surface area contributed by atoms with Crippen LogP contribution in [0.4, 0.5) is 9.59 Å². The molecule has 56 heavy (non-hydrogen) atoms. The summed E-state index contributed by atoms with van der Waals surface area (Å²) in [6.07, 6.45) is 3.83. The molecule has 0 bridgehead atoms. The van der Waals surface area contributed by atoms with Crippen molar-refractivity contribution in [2.24, 2.45) is 11.8 Å². The summed E-state index contributed by atoms with van der Waals surface area (Å²) in [6.45, 7) is 8.79. The van der Waals surface area contributed by atoms with E-state index < -0.39 is 24.3 Å². The number of thiophene rings is 2. The average molecular weight is 799 g/mol. The number of hydrogen-bond acceptors (Lipinski definition) is 10. The topological polar surface area (TPSA) is 175 Å². The molecule has 294 valence electrons. The molecule has 16 heteroatoms. The van der Waals surface area contributed by atoms with Crippen molar-refractivity contribution < 1.29 is 28.7 Å². The van der Waals surface area contributed by atoms with Crippen LogP contribution >= 0.6 is 22.7 Å². The van der Waals surface area contributed by atoms with Crippen LogP contribution in [0.3, 0.4) is 0 Å². The van der Waals surface area contributed by atoms with Crippen LogP contribution < -0.4 is 10.6 Å². The van der Waals surface area contributed by atoms with Gasteiger partial charge >= 0.3 is 12.2 Å². The molecular weight excluding hydrogens is 753 g/mol. The number of hydrogen-bond donors (Lipinski definition) is 4. The minimum Gasteiger partial charge on any atom is -0.453 e. The number of carbonyl (C=O) groups is 4. The summed E-state index contributed by atoms with van der Waals surface area (Å²) < 4.78 is 11.8. The van der Waals surface area contributed by atoms with Crippen LogP contribution in [0, 0.1) is 23.7 Å². The average Bonchev–Trinajstić information content (AvgIpc) is 4.03. The highest BCUT2D eigenvalue weighted by Gasteiger charge is 2.39. The number of methoxy groups -OCH3 is 2. The molecule has 6 heterocycles. The highest BCUT2D eigenvalue weighted by Crippen LogP contribution is 2.39. The van der Waals surface area contributed by atoms with Crippen LogP contribution in [0.2, 0.25) is 0 Å². The molecule has 4 amide bonds. The lowest BCUT2D eigenvalue weighted by molar-refractivity contribution is -0.136. The Morgan fingerprint density at radius 1 is 0.804 bits per heavy atom. The van der Waals surface area contributed by atoms with Crippen LogP contribution in [-0.4, -0.2) is 93.1 Å². The molecule has 4 aromatic heterocycles. The van der Waals surface area contributed by atoms with Gasteiger partial charge in [0.1, 0.15) is 23.7 Å². The van der Waals surface area contributed by atoms with Gasteiger partial charge in [-0.05, 0) is 67.9 Å². The second kappa shape index (κ2) is 16.4. The summed E-state index contributed by atoms with van der Waals surface area (Å²) in [5.74, 6) is 7.59. The van der Waals surface area contributed by atoms with E-state index in [1.165, 1.54) is 14.2 Å². The van der Waals surface area contributed by atoms with Crippen molar-refractivity contribution in [3.8, 4) is 22.4 Å². The molecular formula is C40H46N8O6S2. The fourth-order valence-electron chi connectivity index (χ4n) is 7.45. The summed E-state index contributed by atoms with van der Waals surface area (Å²) in [5.41, 5.74) is 3.38. The number of amides is 4. The number of aromatic amines is 2. The van der Waals surface area contributed by atoms with Crippen LogP contribution in [0.15, 0.2) is 36.5 Å². The third-order valence-electron chi connectivity index (χ3n) is 10.4. The fourth-order valence-corrected chi connectivity index (χ4v) is 9.66. The minimum atomic E-state index is -0.693. The smallest absolute Gasteiger partial charge is 0.407 e. The van der Waals surface area contributed by atoms with E-state index >= 15 is 0 Å². The van der Waals surface area contributed by atoms with Crippen molar-refractivity contribution in [3.05, 3.63) is 58.6 Å². The predicted octanol–water partition coefficient (Wildman–Crippen LogP) is 6.72. The number of likely N-dealkylation sites (tertiary alicyclic amines) is 2. The minimum absolute atomic E-state index is 0.103. The summed E-state index contributed by atoms with van der Waals surface area (Å²) in [6, 6.07) is 8.33. The first-order valence-electron chi connectivity index (χ1n) is 18.8. The van der Waals surface area contributed by atoms with Gasteiger partial charge in [-0.2, -0.15) is 0 Å². The van der Waals surface area contributed by atoms with E-state index in [2.05, 4.69) is 49.6 Å². The van der Waals surface area contributed by atoms with Gasteiger partial charge in [0.25, 0.3) is 0 Å². The Labute approximate surface area is 332 Å². The normalized spacial score (nSPS) is 18.0. The van der Waals surface area contributed by atoms with Gasteiger partial charge < -0.3 is 39.9 Å². The van der Waals surface area contributed by atoms with E-state index in [0.717, 1.165) is 78.8 Å². The predicted molar refractivity (Wildman–Crippen MR) is 215 cm³/mol. The molecule has 0 saturated carbocycles. The van der Waals surface area contributed by atoms with E-state index in [0.29, 0.717) is 13.1 Å². The molecule has 0 aliphatic carbocycles. The maximum absolute atomic E-state index is 13.6. The quantitative estimate of drug-likeness (QED) is 0.119. The molecule has 2 aliphatic heterocycles. The molecule has 2 fully saturated rings. The molecule has 2 saturated heterocycles. The Morgan fingerprint density at radius 3 is 2.00 bits per heavy atom. The van der Waals surface area contributed by atoms with Gasteiger partial charge in [0.15, 0.2) is 0 Å². The molecule has 5 aromatic rings. The second-order valence-electron chi connectivity index (χ2n) is 14.8. The lowest BCUT2D eigenvalue weighted by Crippen LogP contribution is -2.51. The number of nitrogens with one attached hydrogen (secondary N) is 4. The van der Waals surface area contributed by atoms with Gasteiger partial charge in [-0.1, -0.05) is 39.5 Å².